The maximum Gasteiger partial charge on any atom is 0.279 e. The second-order valence-corrected chi connectivity index (χ2v) is 8.01. The maximum atomic E-state index is 12.7. The lowest BCUT2D eigenvalue weighted by molar-refractivity contribution is -0.926. The minimum absolute atomic E-state index is 0.0676. The molecule has 0 fully saturated rings. The van der Waals surface area contributed by atoms with Crippen LogP contribution in [-0.4, -0.2) is 23.6 Å². The highest BCUT2D eigenvalue weighted by atomic mass is 32.2. The molecule has 2 N–H and O–H groups in total. The summed E-state index contributed by atoms with van der Waals surface area (Å²) in [6, 6.07) is 22.8. The third kappa shape index (κ3) is 4.10. The zero-order valence-electron chi connectivity index (χ0n) is 15.4. The molecule has 0 saturated heterocycles. The lowest BCUT2D eigenvalue weighted by atomic mass is 10.1. The summed E-state index contributed by atoms with van der Waals surface area (Å²) < 4.78 is 2.29. The van der Waals surface area contributed by atoms with E-state index in [1.54, 1.807) is 11.8 Å². The molecule has 0 bridgehead atoms. The molecule has 4 nitrogen and oxygen atoms in total. The molecule has 3 aromatic rings. The number of para-hydroxylation sites is 1. The van der Waals surface area contributed by atoms with Gasteiger partial charge in [-0.3, -0.25) is 4.79 Å². The summed E-state index contributed by atoms with van der Waals surface area (Å²) in [5, 5.41) is 3.13. The van der Waals surface area contributed by atoms with Crippen LogP contribution in [0.25, 0.3) is 0 Å². The lowest BCUT2D eigenvalue weighted by Crippen LogP contribution is -3.14. The molecule has 0 radical (unpaired) electrons. The fourth-order valence-electron chi connectivity index (χ4n) is 3.63. The fraction of sp³-hybridized carbons (Fsp3) is 0.227. The summed E-state index contributed by atoms with van der Waals surface area (Å²) in [5.74, 6) is 0.0676. The predicted octanol–water partition coefficient (Wildman–Crippen LogP) is 3.24. The third-order valence-electron chi connectivity index (χ3n) is 5.11. The van der Waals surface area contributed by atoms with Crippen LogP contribution in [-0.2, 0) is 11.3 Å². The summed E-state index contributed by atoms with van der Waals surface area (Å²) in [6.45, 7) is 4.62. The van der Waals surface area contributed by atoms with E-state index < -0.39 is 0 Å². The van der Waals surface area contributed by atoms with Crippen LogP contribution in [0.2, 0.25) is 0 Å². The van der Waals surface area contributed by atoms with E-state index in [1.165, 1.54) is 10.6 Å². The topological polar surface area (TPSA) is 38.5 Å². The minimum atomic E-state index is 0.0676. The van der Waals surface area contributed by atoms with Crippen LogP contribution in [0.1, 0.15) is 18.7 Å². The third-order valence-corrected chi connectivity index (χ3v) is 6.20. The first-order valence-corrected chi connectivity index (χ1v) is 10.1. The van der Waals surface area contributed by atoms with Crippen molar-refractivity contribution in [3.05, 3.63) is 78.6 Å². The number of carbonyl (C=O) groups excluding carboxylic acids is 1. The molecule has 1 unspecified atom stereocenters. The summed E-state index contributed by atoms with van der Waals surface area (Å²) in [6.07, 6.45) is 2.12. The monoisotopic (exact) mass is 378 g/mol. The number of fused-ring (bicyclic) bond motifs is 1. The molecule has 1 aromatic heterocycles. The van der Waals surface area contributed by atoms with Crippen molar-refractivity contribution in [1.82, 2.24) is 4.57 Å². The van der Waals surface area contributed by atoms with Crippen molar-refractivity contribution in [3.63, 3.8) is 0 Å². The molecule has 138 valence electrons. The van der Waals surface area contributed by atoms with Crippen molar-refractivity contribution in [2.24, 2.45) is 0 Å². The highest BCUT2D eigenvalue weighted by molar-refractivity contribution is 7.99. The van der Waals surface area contributed by atoms with Crippen LogP contribution in [0.3, 0.4) is 0 Å². The molecule has 0 saturated carbocycles. The molecule has 2 heterocycles. The number of quaternary nitrogens is 1. The summed E-state index contributed by atoms with van der Waals surface area (Å²) in [5.41, 5.74) is 2.19. The van der Waals surface area contributed by atoms with E-state index in [0.29, 0.717) is 12.6 Å². The molecule has 1 aliphatic rings. The van der Waals surface area contributed by atoms with Gasteiger partial charge in [-0.05, 0) is 43.3 Å². The number of hydrogen-bond acceptors (Lipinski definition) is 2. The van der Waals surface area contributed by atoms with Gasteiger partial charge in [-0.15, -0.1) is 0 Å². The largest absolute Gasteiger partial charge is 0.341 e. The van der Waals surface area contributed by atoms with E-state index in [1.807, 2.05) is 36.4 Å². The Hall–Kier alpha value is -2.50. The number of nitrogens with zero attached hydrogens (tertiary/aromatic N) is 1. The number of benzene rings is 2. The lowest BCUT2D eigenvalue weighted by Gasteiger charge is -2.31. The van der Waals surface area contributed by atoms with E-state index in [4.69, 9.17) is 0 Å². The van der Waals surface area contributed by atoms with Crippen LogP contribution < -0.4 is 10.2 Å². The van der Waals surface area contributed by atoms with Gasteiger partial charge in [-0.25, -0.2) is 0 Å². The molecule has 0 aliphatic carbocycles. The Morgan fingerprint density at radius 3 is 2.74 bits per heavy atom. The van der Waals surface area contributed by atoms with Gasteiger partial charge in [-0.2, -0.15) is 0 Å². The van der Waals surface area contributed by atoms with Crippen LogP contribution >= 0.6 is 11.8 Å². The zero-order chi connectivity index (χ0) is 18.6. The quantitative estimate of drug-likeness (QED) is 0.715. The van der Waals surface area contributed by atoms with Gasteiger partial charge in [0.25, 0.3) is 5.91 Å². The van der Waals surface area contributed by atoms with E-state index in [9.17, 15) is 4.79 Å². The average molecular weight is 379 g/mol. The Morgan fingerprint density at radius 1 is 1.11 bits per heavy atom. The highest BCUT2D eigenvalue weighted by Crippen LogP contribution is 2.33. The van der Waals surface area contributed by atoms with Crippen LogP contribution in [0.15, 0.2) is 82.7 Å². The Kier molecular flexibility index (Phi) is 5.32. The van der Waals surface area contributed by atoms with Crippen molar-refractivity contribution in [2.45, 2.75) is 29.3 Å². The molecule has 27 heavy (non-hydrogen) atoms. The fourth-order valence-corrected chi connectivity index (χ4v) is 4.55. The molecule has 1 amide bonds. The Balaban J connectivity index is 1.43. The standard InChI is InChI=1S/C22H23N3OS/c1-17-20-11-7-13-24(20)14-15-25(17)16-22(26)23-19-10-5-6-12-21(19)27-18-8-3-2-4-9-18/h2-13,17H,14-16H2,1H3,(H,23,26)/p+1/t17-/m1/s1. The molecule has 2 atom stereocenters. The van der Waals surface area contributed by atoms with Crippen molar-refractivity contribution in [3.8, 4) is 0 Å². The van der Waals surface area contributed by atoms with Gasteiger partial charge in [0.15, 0.2) is 6.54 Å². The second kappa shape index (κ2) is 8.03. The Labute approximate surface area is 164 Å². The Morgan fingerprint density at radius 2 is 1.89 bits per heavy atom. The summed E-state index contributed by atoms with van der Waals surface area (Å²) >= 11 is 1.67. The molecular weight excluding hydrogens is 354 g/mol. The van der Waals surface area contributed by atoms with Crippen molar-refractivity contribution in [2.75, 3.05) is 18.4 Å². The van der Waals surface area contributed by atoms with Crippen LogP contribution in [0, 0.1) is 0 Å². The van der Waals surface area contributed by atoms with E-state index in [2.05, 4.69) is 53.3 Å². The Bertz CT molecular complexity index is 922. The number of aromatic nitrogens is 1. The van der Waals surface area contributed by atoms with Crippen molar-refractivity contribution < 1.29 is 9.69 Å². The van der Waals surface area contributed by atoms with Gasteiger partial charge < -0.3 is 14.8 Å². The maximum absolute atomic E-state index is 12.7. The smallest absolute Gasteiger partial charge is 0.279 e. The van der Waals surface area contributed by atoms with Gasteiger partial charge in [0.05, 0.1) is 24.5 Å². The summed E-state index contributed by atoms with van der Waals surface area (Å²) in [7, 11) is 0. The van der Waals surface area contributed by atoms with E-state index in [-0.39, 0.29) is 5.91 Å². The number of carbonyl (C=O) groups is 1. The first-order valence-electron chi connectivity index (χ1n) is 9.32. The zero-order valence-corrected chi connectivity index (χ0v) is 16.2. The number of nitrogens with one attached hydrogen (secondary N) is 2. The number of anilines is 1. The molecule has 1 aliphatic heterocycles. The highest BCUT2D eigenvalue weighted by Gasteiger charge is 2.28. The second-order valence-electron chi connectivity index (χ2n) is 6.89. The predicted molar refractivity (Wildman–Crippen MR) is 109 cm³/mol. The molecule has 5 heteroatoms. The van der Waals surface area contributed by atoms with E-state index >= 15 is 0 Å². The molecule has 4 rings (SSSR count). The molecule has 0 spiro atoms. The minimum Gasteiger partial charge on any atom is -0.341 e. The number of amides is 1. The molecule has 2 aromatic carbocycles. The van der Waals surface area contributed by atoms with Gasteiger partial charge in [0.1, 0.15) is 6.04 Å². The van der Waals surface area contributed by atoms with Gasteiger partial charge in [-0.1, -0.05) is 42.1 Å². The average Bonchev–Trinajstić information content (AvgIpc) is 3.16. The number of hydrogen-bond donors (Lipinski definition) is 2. The first-order chi connectivity index (χ1) is 13.2. The molecular formula is C22H24N3OS+. The van der Waals surface area contributed by atoms with Crippen LogP contribution in [0.5, 0.6) is 0 Å². The van der Waals surface area contributed by atoms with Crippen LogP contribution in [0.4, 0.5) is 5.69 Å². The van der Waals surface area contributed by atoms with Gasteiger partial charge in [0.2, 0.25) is 0 Å². The normalized spacial score (nSPS) is 18.7. The first kappa shape index (κ1) is 17.9. The SMILES string of the molecule is C[C@@H]1c2cccn2CC[NH+]1CC(=O)Nc1ccccc1Sc1ccccc1. The van der Waals surface area contributed by atoms with E-state index in [0.717, 1.165) is 28.6 Å². The van der Waals surface area contributed by atoms with Gasteiger partial charge in [0, 0.05) is 16.0 Å². The number of rotatable bonds is 5. The summed E-state index contributed by atoms with van der Waals surface area (Å²) in [4.78, 5) is 16.3. The van der Waals surface area contributed by atoms with Crippen molar-refractivity contribution in [1.29, 1.82) is 0 Å². The van der Waals surface area contributed by atoms with Crippen molar-refractivity contribution >= 4 is 23.4 Å². The van der Waals surface area contributed by atoms with Gasteiger partial charge >= 0.3 is 0 Å².